The fraction of sp³-hybridized carbons (Fsp3) is 0.474. The molecule has 0 aromatic carbocycles. The van der Waals surface area contributed by atoms with Gasteiger partial charge in [0, 0.05) is 31.9 Å². The lowest BCUT2D eigenvalue weighted by molar-refractivity contribution is 0.0691. The number of halogens is 1. The predicted molar refractivity (Wildman–Crippen MR) is 106 cm³/mol. The first kappa shape index (κ1) is 19.1. The van der Waals surface area contributed by atoms with Crippen LogP contribution < -0.4 is 10.9 Å². The average molecular weight is 394 g/mol. The molecule has 1 saturated heterocycles. The van der Waals surface area contributed by atoms with Crippen molar-refractivity contribution in [3.05, 3.63) is 56.6 Å². The molecule has 1 aliphatic carbocycles. The van der Waals surface area contributed by atoms with Gasteiger partial charge in [-0.1, -0.05) is 0 Å². The van der Waals surface area contributed by atoms with E-state index in [0.717, 1.165) is 32.4 Å². The van der Waals surface area contributed by atoms with Gasteiger partial charge in [-0.25, -0.2) is 0 Å². The molecule has 5 nitrogen and oxygen atoms in total. The van der Waals surface area contributed by atoms with Crippen LogP contribution in [0.1, 0.15) is 35.2 Å². The van der Waals surface area contributed by atoms with Gasteiger partial charge in [-0.3, -0.25) is 9.59 Å². The highest BCUT2D eigenvalue weighted by molar-refractivity contribution is 7.07. The first-order chi connectivity index (χ1) is 12.1. The smallest absolute Gasteiger partial charge is 0.255 e. The molecule has 140 valence electrons. The molecule has 7 heteroatoms. The lowest BCUT2D eigenvalue weighted by Gasteiger charge is -2.29. The molecule has 0 radical (unpaired) electrons. The molecule has 1 saturated carbocycles. The molecule has 0 bridgehead atoms. The molecule has 26 heavy (non-hydrogen) atoms. The summed E-state index contributed by atoms with van der Waals surface area (Å²) in [7, 11) is 1.69. The SMILES string of the molecule is Cl.Cn1cc(C(=O)N(Cc2ccsc2)C2CC23CCNCC3)ccc1=O. The number of nitrogens with zero attached hydrogens (tertiary/aromatic N) is 2. The maximum absolute atomic E-state index is 13.2. The van der Waals surface area contributed by atoms with E-state index in [4.69, 9.17) is 0 Å². The van der Waals surface area contributed by atoms with Crippen LogP contribution in [0.3, 0.4) is 0 Å². The van der Waals surface area contributed by atoms with Crippen LogP contribution in [0.15, 0.2) is 40.0 Å². The average Bonchev–Trinajstić information content (AvgIpc) is 3.06. The zero-order valence-corrected chi connectivity index (χ0v) is 16.4. The lowest BCUT2D eigenvalue weighted by Crippen LogP contribution is -2.39. The minimum Gasteiger partial charge on any atom is -0.331 e. The van der Waals surface area contributed by atoms with E-state index >= 15 is 0 Å². The van der Waals surface area contributed by atoms with Gasteiger partial charge in [0.25, 0.3) is 5.91 Å². The highest BCUT2D eigenvalue weighted by Crippen LogP contribution is 2.56. The molecular formula is C19H24ClN3O2S. The van der Waals surface area contributed by atoms with E-state index < -0.39 is 0 Å². The number of rotatable bonds is 4. The van der Waals surface area contributed by atoms with Crippen LogP contribution >= 0.6 is 23.7 Å². The van der Waals surface area contributed by atoms with Gasteiger partial charge in [0.05, 0.1) is 5.56 Å². The summed E-state index contributed by atoms with van der Waals surface area (Å²) in [5, 5.41) is 7.58. The second-order valence-electron chi connectivity index (χ2n) is 7.26. The van der Waals surface area contributed by atoms with Crippen molar-refractivity contribution in [1.82, 2.24) is 14.8 Å². The summed E-state index contributed by atoms with van der Waals surface area (Å²) in [6.07, 6.45) is 5.02. The van der Waals surface area contributed by atoms with Gasteiger partial charge >= 0.3 is 0 Å². The molecule has 2 fully saturated rings. The highest BCUT2D eigenvalue weighted by Gasteiger charge is 2.57. The van der Waals surface area contributed by atoms with Gasteiger partial charge in [0.2, 0.25) is 5.56 Å². The van der Waals surface area contributed by atoms with E-state index in [1.54, 1.807) is 30.6 Å². The standard InChI is InChI=1S/C19H23N3O2S.ClH/c1-21-12-15(2-3-17(21)23)18(24)22(11-14-4-9-25-13-14)16-10-19(16)5-7-20-8-6-19;/h2-4,9,12-13,16,20H,5-8,10-11H2,1H3;1H. The highest BCUT2D eigenvalue weighted by atomic mass is 35.5. The summed E-state index contributed by atoms with van der Waals surface area (Å²) in [5.41, 5.74) is 1.96. The summed E-state index contributed by atoms with van der Waals surface area (Å²) >= 11 is 1.66. The molecule has 3 heterocycles. The van der Waals surface area contributed by atoms with Crippen LogP contribution in [-0.2, 0) is 13.6 Å². The number of amides is 1. The molecule has 1 aliphatic heterocycles. The van der Waals surface area contributed by atoms with E-state index in [1.807, 2.05) is 4.90 Å². The number of aromatic nitrogens is 1. The second-order valence-corrected chi connectivity index (χ2v) is 8.04. The topological polar surface area (TPSA) is 54.3 Å². The number of nitrogens with one attached hydrogen (secondary N) is 1. The van der Waals surface area contributed by atoms with Crippen molar-refractivity contribution in [3.8, 4) is 0 Å². The van der Waals surface area contributed by atoms with Crippen LogP contribution in [-0.4, -0.2) is 34.5 Å². The van der Waals surface area contributed by atoms with Crippen molar-refractivity contribution < 1.29 is 4.79 Å². The van der Waals surface area contributed by atoms with Crippen LogP contribution in [0.2, 0.25) is 0 Å². The van der Waals surface area contributed by atoms with E-state index in [1.165, 1.54) is 16.2 Å². The molecule has 4 rings (SSSR count). The van der Waals surface area contributed by atoms with Crippen molar-refractivity contribution in [2.75, 3.05) is 13.1 Å². The van der Waals surface area contributed by atoms with Gasteiger partial charge in [0.1, 0.15) is 0 Å². The van der Waals surface area contributed by atoms with Gasteiger partial charge in [-0.15, -0.1) is 12.4 Å². The molecule has 1 spiro atoms. The molecule has 2 aromatic heterocycles. The van der Waals surface area contributed by atoms with Gasteiger partial charge in [-0.2, -0.15) is 11.3 Å². The zero-order chi connectivity index (χ0) is 17.4. The maximum atomic E-state index is 13.2. The number of hydrogen-bond acceptors (Lipinski definition) is 4. The Labute approximate surface area is 163 Å². The van der Waals surface area contributed by atoms with Crippen molar-refractivity contribution in [2.45, 2.75) is 31.8 Å². The van der Waals surface area contributed by atoms with Crippen molar-refractivity contribution >= 4 is 29.7 Å². The number of carbonyl (C=O) groups is 1. The predicted octanol–water partition coefficient (Wildman–Crippen LogP) is 2.65. The van der Waals surface area contributed by atoms with Gasteiger partial charge in [0.15, 0.2) is 0 Å². The largest absolute Gasteiger partial charge is 0.331 e. The summed E-state index contributed by atoms with van der Waals surface area (Å²) in [6, 6.07) is 5.52. The van der Waals surface area contributed by atoms with Crippen LogP contribution in [0.4, 0.5) is 0 Å². The summed E-state index contributed by atoms with van der Waals surface area (Å²) < 4.78 is 1.48. The maximum Gasteiger partial charge on any atom is 0.255 e. The fourth-order valence-electron chi connectivity index (χ4n) is 4.02. The quantitative estimate of drug-likeness (QED) is 0.868. The summed E-state index contributed by atoms with van der Waals surface area (Å²) in [5.74, 6) is 0.0298. The molecule has 2 aliphatic rings. The summed E-state index contributed by atoms with van der Waals surface area (Å²) in [6.45, 7) is 2.72. The third kappa shape index (κ3) is 3.59. The minimum absolute atomic E-state index is 0. The van der Waals surface area contributed by atoms with Crippen molar-refractivity contribution in [1.29, 1.82) is 0 Å². The Balaban J connectivity index is 0.00000196. The van der Waals surface area contributed by atoms with E-state index in [-0.39, 0.29) is 29.3 Å². The van der Waals surface area contributed by atoms with E-state index in [2.05, 4.69) is 22.1 Å². The Hall–Kier alpha value is -1.63. The number of carbonyl (C=O) groups excluding carboxylic acids is 1. The first-order valence-corrected chi connectivity index (χ1v) is 9.73. The molecule has 2 aromatic rings. The molecular weight excluding hydrogens is 370 g/mol. The third-order valence-corrected chi connectivity index (χ3v) is 6.38. The Kier molecular flexibility index (Phi) is 5.55. The molecule has 1 amide bonds. The van der Waals surface area contributed by atoms with Crippen molar-refractivity contribution in [3.63, 3.8) is 0 Å². The number of piperidine rings is 1. The number of hydrogen-bond donors (Lipinski definition) is 1. The normalized spacial score (nSPS) is 20.4. The fourth-order valence-corrected chi connectivity index (χ4v) is 4.68. The van der Waals surface area contributed by atoms with E-state index in [9.17, 15) is 9.59 Å². The van der Waals surface area contributed by atoms with E-state index in [0.29, 0.717) is 18.2 Å². The first-order valence-electron chi connectivity index (χ1n) is 8.78. The van der Waals surface area contributed by atoms with Crippen LogP contribution in [0.5, 0.6) is 0 Å². The zero-order valence-electron chi connectivity index (χ0n) is 14.8. The Morgan fingerprint density at radius 3 is 2.77 bits per heavy atom. The minimum atomic E-state index is -0.0952. The number of pyridine rings is 1. The Bertz CT molecular complexity index is 828. The van der Waals surface area contributed by atoms with Crippen LogP contribution in [0.25, 0.3) is 0 Å². The third-order valence-electron chi connectivity index (χ3n) is 5.65. The molecule has 1 unspecified atom stereocenters. The lowest BCUT2D eigenvalue weighted by atomic mass is 9.93. The summed E-state index contributed by atoms with van der Waals surface area (Å²) in [4.78, 5) is 26.9. The van der Waals surface area contributed by atoms with Gasteiger partial charge in [-0.05, 0) is 66.2 Å². The second kappa shape index (κ2) is 7.55. The Morgan fingerprint density at radius 2 is 2.12 bits per heavy atom. The van der Waals surface area contributed by atoms with Gasteiger partial charge < -0.3 is 14.8 Å². The molecule has 1 N–H and O–H groups in total. The van der Waals surface area contributed by atoms with Crippen LogP contribution in [0, 0.1) is 5.41 Å². The number of thiophene rings is 1. The molecule has 1 atom stereocenters. The van der Waals surface area contributed by atoms with Crippen molar-refractivity contribution in [2.24, 2.45) is 12.5 Å². The number of aryl methyl sites for hydroxylation is 1. The monoisotopic (exact) mass is 393 g/mol. The Morgan fingerprint density at radius 1 is 1.35 bits per heavy atom.